The Morgan fingerprint density at radius 3 is 2.18 bits per heavy atom. The topological polar surface area (TPSA) is 57.6 Å². The van der Waals surface area contributed by atoms with E-state index in [0.29, 0.717) is 4.90 Å². The van der Waals surface area contributed by atoms with E-state index in [-0.39, 0.29) is 19.4 Å². The van der Waals surface area contributed by atoms with Crippen molar-refractivity contribution in [3.8, 4) is 0 Å². The zero-order valence-corrected chi connectivity index (χ0v) is 9.75. The maximum Gasteiger partial charge on any atom is 0.406 e. The standard InChI is InChI=1S/C10H16F3NO3/c1-3-14(6-10(11,12)13)8(15)4-7(2)5-9(16)17/h7H,3-6H2,1-2H3,(H,16,17). The number of carboxylic acid groups (broad SMARTS) is 1. The minimum Gasteiger partial charge on any atom is -0.481 e. The van der Waals surface area contributed by atoms with E-state index in [9.17, 15) is 22.8 Å². The number of hydrogen-bond acceptors (Lipinski definition) is 2. The molecule has 100 valence electrons. The van der Waals surface area contributed by atoms with Gasteiger partial charge in [-0.3, -0.25) is 9.59 Å². The molecule has 1 N–H and O–H groups in total. The third kappa shape index (κ3) is 7.59. The van der Waals surface area contributed by atoms with Gasteiger partial charge in [-0.05, 0) is 12.8 Å². The summed E-state index contributed by atoms with van der Waals surface area (Å²) < 4.78 is 36.3. The highest BCUT2D eigenvalue weighted by molar-refractivity contribution is 5.77. The van der Waals surface area contributed by atoms with Gasteiger partial charge >= 0.3 is 12.1 Å². The van der Waals surface area contributed by atoms with E-state index in [1.165, 1.54) is 13.8 Å². The highest BCUT2D eigenvalue weighted by atomic mass is 19.4. The van der Waals surface area contributed by atoms with Crippen LogP contribution < -0.4 is 0 Å². The predicted molar refractivity (Wildman–Crippen MR) is 54.3 cm³/mol. The first-order valence-corrected chi connectivity index (χ1v) is 5.22. The first-order chi connectivity index (χ1) is 7.65. The van der Waals surface area contributed by atoms with Gasteiger partial charge in [0.15, 0.2) is 0 Å². The van der Waals surface area contributed by atoms with Crippen LogP contribution in [0.3, 0.4) is 0 Å². The Balaban J connectivity index is 4.31. The molecule has 0 aromatic carbocycles. The zero-order chi connectivity index (χ0) is 13.6. The van der Waals surface area contributed by atoms with Crippen LogP contribution in [0.1, 0.15) is 26.7 Å². The van der Waals surface area contributed by atoms with Crippen LogP contribution in [0.2, 0.25) is 0 Å². The molecule has 0 aliphatic heterocycles. The van der Waals surface area contributed by atoms with E-state index in [0.717, 1.165) is 0 Å². The highest BCUT2D eigenvalue weighted by Gasteiger charge is 2.32. The molecule has 0 heterocycles. The number of carboxylic acids is 1. The Kier molecular flexibility index (Phi) is 5.98. The van der Waals surface area contributed by atoms with E-state index in [4.69, 9.17) is 5.11 Å². The average molecular weight is 255 g/mol. The van der Waals surface area contributed by atoms with Crippen molar-refractivity contribution in [2.24, 2.45) is 5.92 Å². The van der Waals surface area contributed by atoms with Crippen molar-refractivity contribution in [2.45, 2.75) is 32.9 Å². The summed E-state index contributed by atoms with van der Waals surface area (Å²) in [5, 5.41) is 8.47. The SMILES string of the molecule is CCN(CC(F)(F)F)C(=O)CC(C)CC(=O)O. The molecule has 7 heteroatoms. The summed E-state index contributed by atoms with van der Waals surface area (Å²) in [4.78, 5) is 22.5. The summed E-state index contributed by atoms with van der Waals surface area (Å²) >= 11 is 0. The normalized spacial score (nSPS) is 13.2. The zero-order valence-electron chi connectivity index (χ0n) is 9.75. The fraction of sp³-hybridized carbons (Fsp3) is 0.800. The molecule has 0 saturated heterocycles. The van der Waals surface area contributed by atoms with Crippen LogP contribution in [0.5, 0.6) is 0 Å². The number of alkyl halides is 3. The Labute approximate surface area is 97.4 Å². The van der Waals surface area contributed by atoms with Crippen LogP contribution in [0.25, 0.3) is 0 Å². The number of halogens is 3. The molecule has 0 aromatic rings. The molecule has 0 bridgehead atoms. The summed E-state index contributed by atoms with van der Waals surface area (Å²) in [5.41, 5.74) is 0. The third-order valence-electron chi connectivity index (χ3n) is 2.15. The molecule has 4 nitrogen and oxygen atoms in total. The van der Waals surface area contributed by atoms with Gasteiger partial charge in [0.05, 0.1) is 0 Å². The number of nitrogens with zero attached hydrogens (tertiary/aromatic N) is 1. The third-order valence-corrected chi connectivity index (χ3v) is 2.15. The van der Waals surface area contributed by atoms with Crippen LogP contribution in [0.4, 0.5) is 13.2 Å². The van der Waals surface area contributed by atoms with Gasteiger partial charge in [-0.15, -0.1) is 0 Å². The molecule has 0 fully saturated rings. The lowest BCUT2D eigenvalue weighted by molar-refractivity contribution is -0.161. The lowest BCUT2D eigenvalue weighted by atomic mass is 10.0. The number of amides is 1. The second-order valence-corrected chi connectivity index (χ2v) is 3.93. The summed E-state index contributed by atoms with van der Waals surface area (Å²) in [5.74, 6) is -2.20. The molecule has 0 spiro atoms. The fourth-order valence-electron chi connectivity index (χ4n) is 1.39. The van der Waals surface area contributed by atoms with E-state index in [2.05, 4.69) is 0 Å². The fourth-order valence-corrected chi connectivity index (χ4v) is 1.39. The number of rotatable bonds is 6. The Morgan fingerprint density at radius 1 is 1.29 bits per heavy atom. The van der Waals surface area contributed by atoms with Gasteiger partial charge < -0.3 is 10.0 Å². The largest absolute Gasteiger partial charge is 0.481 e. The summed E-state index contributed by atoms with van der Waals surface area (Å²) in [6.45, 7) is 1.64. The Bertz CT molecular complexity index is 278. The number of carbonyl (C=O) groups is 2. The van der Waals surface area contributed by atoms with Crippen molar-refractivity contribution in [3.05, 3.63) is 0 Å². The first-order valence-electron chi connectivity index (χ1n) is 5.22. The molecule has 1 atom stereocenters. The Hall–Kier alpha value is -1.27. The van der Waals surface area contributed by atoms with Crippen molar-refractivity contribution in [1.82, 2.24) is 4.90 Å². The highest BCUT2D eigenvalue weighted by Crippen LogP contribution is 2.18. The van der Waals surface area contributed by atoms with Crippen LogP contribution in [-0.4, -0.2) is 41.1 Å². The minimum absolute atomic E-state index is 0.0435. The molecule has 0 saturated carbocycles. The van der Waals surface area contributed by atoms with Gasteiger partial charge in [0.1, 0.15) is 6.54 Å². The quantitative estimate of drug-likeness (QED) is 0.788. The molecular formula is C10H16F3NO3. The molecular weight excluding hydrogens is 239 g/mol. The molecule has 17 heavy (non-hydrogen) atoms. The Morgan fingerprint density at radius 2 is 1.82 bits per heavy atom. The number of hydrogen-bond donors (Lipinski definition) is 1. The van der Waals surface area contributed by atoms with Gasteiger partial charge in [0.2, 0.25) is 5.91 Å². The molecule has 0 aliphatic rings. The van der Waals surface area contributed by atoms with Crippen LogP contribution in [0, 0.1) is 5.92 Å². The second-order valence-electron chi connectivity index (χ2n) is 3.93. The lowest BCUT2D eigenvalue weighted by Gasteiger charge is -2.23. The van der Waals surface area contributed by atoms with Crippen molar-refractivity contribution in [2.75, 3.05) is 13.1 Å². The van der Waals surface area contributed by atoms with Crippen molar-refractivity contribution < 1.29 is 27.9 Å². The van der Waals surface area contributed by atoms with Crippen molar-refractivity contribution in [1.29, 1.82) is 0 Å². The van der Waals surface area contributed by atoms with E-state index in [1.54, 1.807) is 0 Å². The first kappa shape index (κ1) is 15.7. The second kappa shape index (κ2) is 6.46. The number of aliphatic carboxylic acids is 1. The monoisotopic (exact) mass is 255 g/mol. The van der Waals surface area contributed by atoms with Crippen LogP contribution >= 0.6 is 0 Å². The molecule has 0 radical (unpaired) electrons. The molecule has 0 aromatic heterocycles. The van der Waals surface area contributed by atoms with Gasteiger partial charge in [-0.2, -0.15) is 13.2 Å². The summed E-state index contributed by atoms with van der Waals surface area (Å²) in [6, 6.07) is 0. The smallest absolute Gasteiger partial charge is 0.406 e. The van der Waals surface area contributed by atoms with Crippen LogP contribution in [0.15, 0.2) is 0 Å². The van der Waals surface area contributed by atoms with E-state index >= 15 is 0 Å². The molecule has 0 aliphatic carbocycles. The lowest BCUT2D eigenvalue weighted by Crippen LogP contribution is -2.39. The van der Waals surface area contributed by atoms with Gasteiger partial charge in [-0.25, -0.2) is 0 Å². The molecule has 0 rings (SSSR count). The maximum atomic E-state index is 12.1. The minimum atomic E-state index is -4.43. The average Bonchev–Trinajstić information content (AvgIpc) is 2.10. The summed E-state index contributed by atoms with van der Waals surface area (Å²) in [6.07, 6.45) is -4.84. The predicted octanol–water partition coefficient (Wildman–Crippen LogP) is 1.90. The van der Waals surface area contributed by atoms with E-state index in [1.807, 2.05) is 0 Å². The summed E-state index contributed by atoms with van der Waals surface area (Å²) in [7, 11) is 0. The van der Waals surface area contributed by atoms with Gasteiger partial charge in [-0.1, -0.05) is 6.92 Å². The molecule has 1 unspecified atom stereocenters. The van der Waals surface area contributed by atoms with Crippen molar-refractivity contribution >= 4 is 11.9 Å². The van der Waals surface area contributed by atoms with Crippen molar-refractivity contribution in [3.63, 3.8) is 0 Å². The molecule has 1 amide bonds. The van der Waals surface area contributed by atoms with Gasteiger partial charge in [0.25, 0.3) is 0 Å². The number of carbonyl (C=O) groups excluding carboxylic acids is 1. The van der Waals surface area contributed by atoms with Crippen LogP contribution in [-0.2, 0) is 9.59 Å². The van der Waals surface area contributed by atoms with Gasteiger partial charge in [0, 0.05) is 19.4 Å². The maximum absolute atomic E-state index is 12.1. The van der Waals surface area contributed by atoms with E-state index < -0.39 is 30.5 Å².